The zero-order valence-corrected chi connectivity index (χ0v) is 16.5. The minimum atomic E-state index is -0.715. The fourth-order valence-electron chi connectivity index (χ4n) is 4.65. The molecule has 0 N–H and O–H groups in total. The summed E-state index contributed by atoms with van der Waals surface area (Å²) in [6.07, 6.45) is 4.13. The van der Waals surface area contributed by atoms with Crippen molar-refractivity contribution in [1.29, 1.82) is 0 Å². The van der Waals surface area contributed by atoms with Gasteiger partial charge in [0.05, 0.1) is 35.4 Å². The zero-order chi connectivity index (χ0) is 18.0. The Morgan fingerprint density at radius 3 is 2.46 bits per heavy atom. The third-order valence-electron chi connectivity index (χ3n) is 5.77. The number of hydrogen-bond acceptors (Lipinski definition) is 6. The van der Waals surface area contributed by atoms with Crippen LogP contribution < -0.4 is 0 Å². The smallest absolute Gasteiger partial charge is 0.155 e. The Kier molecular flexibility index (Phi) is 3.88. The van der Waals surface area contributed by atoms with Crippen molar-refractivity contribution in [2.75, 3.05) is 0 Å². The average Bonchev–Trinajstić information content (AvgIpc) is 3.39. The van der Waals surface area contributed by atoms with E-state index in [2.05, 4.69) is 20.9 Å². The molecule has 5 nitrogen and oxygen atoms in total. The number of carbonyl (C=O) groups is 2. The van der Waals surface area contributed by atoms with E-state index in [-0.39, 0.29) is 35.6 Å². The van der Waals surface area contributed by atoms with E-state index >= 15 is 0 Å². The largest absolute Gasteiger partial charge is 0.373 e. The first-order valence-electron chi connectivity index (χ1n) is 8.93. The third kappa shape index (κ3) is 2.30. The van der Waals surface area contributed by atoms with Crippen LogP contribution in [0.3, 0.4) is 0 Å². The van der Waals surface area contributed by atoms with Gasteiger partial charge in [0.1, 0.15) is 10.9 Å². The van der Waals surface area contributed by atoms with Crippen LogP contribution in [0.1, 0.15) is 36.3 Å². The van der Waals surface area contributed by atoms with E-state index in [1.807, 2.05) is 19.1 Å². The first-order valence-corrected chi connectivity index (χ1v) is 10.5. The molecular formula is C19H17BrN2O3S. The summed E-state index contributed by atoms with van der Waals surface area (Å²) in [5.74, 6) is -1.20. The lowest BCUT2D eigenvalue weighted by molar-refractivity contribution is -0.127. The summed E-state index contributed by atoms with van der Waals surface area (Å²) >= 11 is 4.91. The van der Waals surface area contributed by atoms with Gasteiger partial charge in [-0.2, -0.15) is 0 Å². The van der Waals surface area contributed by atoms with Gasteiger partial charge in [-0.15, -0.1) is 11.3 Å². The SMILES string of the molecule is CCc1sc(-c2ccc(Br)cn2)nc1C1C(=O)[C@@H]2[C@H](C1=O)[C@H]1CC[C@@H]2O1. The van der Waals surface area contributed by atoms with E-state index in [0.29, 0.717) is 5.69 Å². The van der Waals surface area contributed by atoms with Crippen LogP contribution in [0.4, 0.5) is 0 Å². The minimum absolute atomic E-state index is 0.0162. The Balaban J connectivity index is 1.55. The summed E-state index contributed by atoms with van der Waals surface area (Å²) in [6.45, 7) is 2.04. The highest BCUT2D eigenvalue weighted by atomic mass is 79.9. The van der Waals surface area contributed by atoms with Crippen LogP contribution >= 0.6 is 27.3 Å². The highest BCUT2D eigenvalue weighted by Crippen LogP contribution is 2.52. The highest BCUT2D eigenvalue weighted by molar-refractivity contribution is 9.10. The Bertz CT molecular complexity index is 882. The number of ketones is 2. The summed E-state index contributed by atoms with van der Waals surface area (Å²) in [5.41, 5.74) is 1.42. The molecule has 0 spiro atoms. The summed E-state index contributed by atoms with van der Waals surface area (Å²) in [5, 5.41) is 0.765. The maximum absolute atomic E-state index is 13.1. The summed E-state index contributed by atoms with van der Waals surface area (Å²) in [7, 11) is 0. The van der Waals surface area contributed by atoms with Gasteiger partial charge in [-0.1, -0.05) is 6.92 Å². The predicted octanol–water partition coefficient (Wildman–Crippen LogP) is 3.56. The standard InChI is InChI=1S/C19H17BrN2O3S/c1-2-12-16(22-19(26-12)9-4-3-8(20)7-21-9)15-17(23)13-10-5-6-11(25-10)14(13)18(15)24/h3-4,7,10-11,13-15H,2,5-6H2,1H3/t10-,11+,13-,14+,15?. The van der Waals surface area contributed by atoms with E-state index in [9.17, 15) is 9.59 Å². The van der Waals surface area contributed by atoms with Gasteiger partial charge in [0.2, 0.25) is 0 Å². The quantitative estimate of drug-likeness (QED) is 0.693. The number of ether oxygens (including phenoxy) is 1. The van der Waals surface area contributed by atoms with Gasteiger partial charge in [-0.3, -0.25) is 14.6 Å². The van der Waals surface area contributed by atoms with E-state index < -0.39 is 5.92 Å². The first-order chi connectivity index (χ1) is 12.6. The molecule has 3 aliphatic rings. The second-order valence-corrected chi connectivity index (χ2v) is 9.12. The van der Waals surface area contributed by atoms with Crippen LogP contribution in [0.5, 0.6) is 0 Å². The maximum Gasteiger partial charge on any atom is 0.155 e. The molecular weight excluding hydrogens is 416 g/mol. The molecule has 3 fully saturated rings. The van der Waals surface area contributed by atoms with Crippen LogP contribution in [-0.2, 0) is 20.7 Å². The van der Waals surface area contributed by atoms with Crippen LogP contribution in [0, 0.1) is 11.8 Å². The summed E-state index contributed by atoms with van der Waals surface area (Å²) in [4.78, 5) is 36.3. The van der Waals surface area contributed by atoms with Crippen molar-refractivity contribution < 1.29 is 14.3 Å². The second kappa shape index (κ2) is 6.04. The molecule has 4 heterocycles. The number of fused-ring (bicyclic) bond motifs is 5. The van der Waals surface area contributed by atoms with E-state index in [0.717, 1.165) is 39.3 Å². The van der Waals surface area contributed by atoms with Gasteiger partial charge in [0.25, 0.3) is 0 Å². The van der Waals surface area contributed by atoms with Crippen LogP contribution in [0.25, 0.3) is 10.7 Å². The number of thiazole rings is 1. The molecule has 5 rings (SSSR count). The van der Waals surface area contributed by atoms with Crippen molar-refractivity contribution in [3.63, 3.8) is 0 Å². The molecule has 2 saturated heterocycles. The molecule has 0 aromatic carbocycles. The zero-order valence-electron chi connectivity index (χ0n) is 14.1. The normalized spacial score (nSPS) is 32.5. The molecule has 2 aliphatic heterocycles. The first kappa shape index (κ1) is 16.7. The Hall–Kier alpha value is -1.44. The van der Waals surface area contributed by atoms with E-state index in [1.165, 1.54) is 11.3 Å². The molecule has 26 heavy (non-hydrogen) atoms. The molecule has 5 atom stereocenters. The van der Waals surface area contributed by atoms with Crippen molar-refractivity contribution in [3.05, 3.63) is 33.4 Å². The maximum atomic E-state index is 13.1. The number of aromatic nitrogens is 2. The molecule has 134 valence electrons. The predicted molar refractivity (Wildman–Crippen MR) is 100 cm³/mol. The Morgan fingerprint density at radius 1 is 1.19 bits per heavy atom. The average molecular weight is 433 g/mol. The van der Waals surface area contributed by atoms with Crippen molar-refractivity contribution in [1.82, 2.24) is 9.97 Å². The van der Waals surface area contributed by atoms with Gasteiger partial charge in [0, 0.05) is 15.5 Å². The lowest BCUT2D eigenvalue weighted by atomic mass is 9.81. The molecule has 0 amide bonds. The number of Topliss-reactive ketones (excluding diaryl/α,β-unsaturated/α-hetero) is 2. The molecule has 2 aromatic heterocycles. The van der Waals surface area contributed by atoms with E-state index in [4.69, 9.17) is 9.72 Å². The van der Waals surface area contributed by atoms with Crippen LogP contribution in [0.15, 0.2) is 22.8 Å². The number of carbonyl (C=O) groups excluding carboxylic acids is 2. The number of halogens is 1. The van der Waals surface area contributed by atoms with Crippen LogP contribution in [0.2, 0.25) is 0 Å². The fraction of sp³-hybridized carbons (Fsp3) is 0.474. The topological polar surface area (TPSA) is 69.2 Å². The highest BCUT2D eigenvalue weighted by Gasteiger charge is 2.63. The summed E-state index contributed by atoms with van der Waals surface area (Å²) < 4.78 is 6.73. The number of aryl methyl sites for hydroxylation is 1. The van der Waals surface area contributed by atoms with Crippen LogP contribution in [-0.4, -0.2) is 33.7 Å². The van der Waals surface area contributed by atoms with Gasteiger partial charge in [-0.25, -0.2) is 4.98 Å². The fourth-order valence-corrected chi connectivity index (χ4v) is 5.90. The lowest BCUT2D eigenvalue weighted by Gasteiger charge is -2.16. The monoisotopic (exact) mass is 432 g/mol. The Morgan fingerprint density at radius 2 is 1.88 bits per heavy atom. The molecule has 1 saturated carbocycles. The number of rotatable bonds is 3. The van der Waals surface area contributed by atoms with Gasteiger partial charge in [-0.05, 0) is 47.3 Å². The molecule has 1 unspecified atom stereocenters. The molecule has 2 bridgehead atoms. The minimum Gasteiger partial charge on any atom is -0.373 e. The summed E-state index contributed by atoms with van der Waals surface area (Å²) in [6, 6.07) is 3.81. The van der Waals surface area contributed by atoms with Crippen molar-refractivity contribution >= 4 is 38.8 Å². The van der Waals surface area contributed by atoms with Crippen molar-refractivity contribution in [3.8, 4) is 10.7 Å². The second-order valence-electron chi connectivity index (χ2n) is 7.12. The molecule has 0 radical (unpaired) electrons. The number of pyridine rings is 1. The lowest BCUT2D eigenvalue weighted by Crippen LogP contribution is -2.29. The van der Waals surface area contributed by atoms with Gasteiger partial charge < -0.3 is 4.74 Å². The Labute approximate surface area is 163 Å². The molecule has 1 aliphatic carbocycles. The number of hydrogen-bond donors (Lipinski definition) is 0. The molecule has 2 aromatic rings. The van der Waals surface area contributed by atoms with Gasteiger partial charge >= 0.3 is 0 Å². The van der Waals surface area contributed by atoms with Crippen molar-refractivity contribution in [2.45, 2.75) is 44.3 Å². The molecule has 7 heteroatoms. The van der Waals surface area contributed by atoms with Crippen molar-refractivity contribution in [2.24, 2.45) is 11.8 Å². The third-order valence-corrected chi connectivity index (χ3v) is 7.48. The van der Waals surface area contributed by atoms with Gasteiger partial charge in [0.15, 0.2) is 11.6 Å². The van der Waals surface area contributed by atoms with E-state index in [1.54, 1.807) is 6.20 Å². The number of nitrogens with zero attached hydrogens (tertiary/aromatic N) is 2.